The number of H-pyrrole nitrogens is 2. The number of carboxylic acid groups (broad SMARTS) is 1. The highest BCUT2D eigenvalue weighted by Gasteiger charge is 2.30. The number of nitrogens with two attached hydrogens (primary N) is 1. The van der Waals surface area contributed by atoms with Crippen molar-refractivity contribution in [3.8, 4) is 5.75 Å². The van der Waals surface area contributed by atoms with Gasteiger partial charge in [0.05, 0.1) is 12.4 Å². The van der Waals surface area contributed by atoms with E-state index in [1.165, 1.54) is 25.4 Å². The zero-order valence-electron chi connectivity index (χ0n) is 22.8. The molecule has 0 aliphatic carbocycles. The predicted octanol–water partition coefficient (Wildman–Crippen LogP) is 0.511. The van der Waals surface area contributed by atoms with Crippen LogP contribution in [0.25, 0.3) is 10.9 Å². The lowest BCUT2D eigenvalue weighted by Gasteiger charge is -2.24. The number of carbonyl (C=O) groups is 4. The highest BCUT2D eigenvalue weighted by Crippen LogP contribution is 2.19. The largest absolute Gasteiger partial charge is 0.508 e. The Balaban J connectivity index is 1.45. The van der Waals surface area contributed by atoms with Crippen LogP contribution in [0.3, 0.4) is 0 Å². The molecular weight excluding hydrogens is 542 g/mol. The molecule has 0 bridgehead atoms. The minimum atomic E-state index is -1.28. The third-order valence-corrected chi connectivity index (χ3v) is 6.81. The Hall–Kier alpha value is -5.17. The van der Waals surface area contributed by atoms with Crippen LogP contribution in [0.5, 0.6) is 5.75 Å². The van der Waals surface area contributed by atoms with Crippen LogP contribution < -0.4 is 21.7 Å². The number of carboxylic acids is 1. The van der Waals surface area contributed by atoms with E-state index in [1.807, 2.05) is 24.3 Å². The third-order valence-electron chi connectivity index (χ3n) is 6.81. The van der Waals surface area contributed by atoms with Gasteiger partial charge in [0.2, 0.25) is 17.7 Å². The van der Waals surface area contributed by atoms with Gasteiger partial charge in [-0.3, -0.25) is 14.4 Å². The van der Waals surface area contributed by atoms with Gasteiger partial charge in [0, 0.05) is 48.3 Å². The minimum absolute atomic E-state index is 0.00270. The lowest BCUT2D eigenvalue weighted by molar-refractivity contribution is -0.142. The molecule has 0 aliphatic rings. The molecule has 2 heterocycles. The molecule has 42 heavy (non-hydrogen) atoms. The molecule has 0 radical (unpaired) electrons. The Labute approximate surface area is 240 Å². The molecule has 2 aromatic carbocycles. The van der Waals surface area contributed by atoms with E-state index in [4.69, 9.17) is 5.73 Å². The Morgan fingerprint density at radius 1 is 0.881 bits per heavy atom. The summed E-state index contributed by atoms with van der Waals surface area (Å²) < 4.78 is 0. The average Bonchev–Trinajstić information content (AvgIpc) is 3.63. The number of rotatable bonds is 13. The van der Waals surface area contributed by atoms with E-state index in [0.717, 1.165) is 10.9 Å². The van der Waals surface area contributed by atoms with Crippen molar-refractivity contribution >= 4 is 34.6 Å². The van der Waals surface area contributed by atoms with Crippen LogP contribution in [0.15, 0.2) is 67.3 Å². The number of benzene rings is 2. The Kier molecular flexibility index (Phi) is 9.55. The van der Waals surface area contributed by atoms with Crippen molar-refractivity contribution in [1.82, 2.24) is 30.9 Å². The summed E-state index contributed by atoms with van der Waals surface area (Å²) in [6, 6.07) is 8.98. The maximum Gasteiger partial charge on any atom is 0.326 e. The monoisotopic (exact) mass is 575 g/mol. The van der Waals surface area contributed by atoms with Crippen molar-refractivity contribution in [1.29, 1.82) is 0 Å². The van der Waals surface area contributed by atoms with Gasteiger partial charge < -0.3 is 41.9 Å². The molecule has 3 amide bonds. The SMILES string of the molecule is CC(NC(=O)C(N)Cc1cnc[nH]1)C(=O)NC(Cc1ccc(O)cc1)C(=O)NC(Cc1c[nH]c2ccccc12)C(=O)O. The van der Waals surface area contributed by atoms with Gasteiger partial charge in [0.25, 0.3) is 0 Å². The van der Waals surface area contributed by atoms with Crippen LogP contribution in [0.1, 0.15) is 23.7 Å². The van der Waals surface area contributed by atoms with Crippen molar-refractivity contribution < 1.29 is 29.4 Å². The fraction of sp³-hybridized carbons (Fsp3) is 0.276. The smallest absolute Gasteiger partial charge is 0.326 e. The summed E-state index contributed by atoms with van der Waals surface area (Å²) in [5, 5.41) is 28.1. The first-order valence-electron chi connectivity index (χ1n) is 13.3. The number of para-hydroxylation sites is 1. The molecule has 4 aromatic rings. The zero-order valence-corrected chi connectivity index (χ0v) is 22.8. The van der Waals surface area contributed by atoms with Gasteiger partial charge in [-0.05, 0) is 36.2 Å². The first-order valence-corrected chi connectivity index (χ1v) is 13.3. The van der Waals surface area contributed by atoms with Crippen LogP contribution in [0.4, 0.5) is 0 Å². The number of fused-ring (bicyclic) bond motifs is 1. The normalized spacial score (nSPS) is 14.0. The summed E-state index contributed by atoms with van der Waals surface area (Å²) in [5.74, 6) is -3.18. The molecular formula is C29H33N7O6. The summed E-state index contributed by atoms with van der Waals surface area (Å²) in [6.45, 7) is 1.45. The first-order chi connectivity index (χ1) is 20.1. The van der Waals surface area contributed by atoms with Crippen LogP contribution in [-0.2, 0) is 38.4 Å². The van der Waals surface area contributed by atoms with Crippen LogP contribution in [0.2, 0.25) is 0 Å². The summed E-state index contributed by atoms with van der Waals surface area (Å²) in [7, 11) is 0. The molecule has 9 N–H and O–H groups in total. The molecule has 220 valence electrons. The van der Waals surface area contributed by atoms with E-state index in [1.54, 1.807) is 24.5 Å². The van der Waals surface area contributed by atoms with Crippen molar-refractivity contribution in [3.05, 3.63) is 84.1 Å². The van der Waals surface area contributed by atoms with Crippen molar-refractivity contribution in [2.45, 2.75) is 50.4 Å². The number of phenols is 1. The number of aromatic amines is 2. The van der Waals surface area contributed by atoms with E-state index in [2.05, 4.69) is 30.9 Å². The number of phenolic OH excluding ortho intramolecular Hbond substituents is 1. The van der Waals surface area contributed by atoms with Crippen LogP contribution >= 0.6 is 0 Å². The fourth-order valence-electron chi connectivity index (χ4n) is 4.48. The molecule has 13 nitrogen and oxygen atoms in total. The van der Waals surface area contributed by atoms with Crippen molar-refractivity contribution in [2.75, 3.05) is 0 Å². The minimum Gasteiger partial charge on any atom is -0.508 e. The van der Waals surface area contributed by atoms with Gasteiger partial charge in [0.15, 0.2) is 0 Å². The van der Waals surface area contributed by atoms with Gasteiger partial charge in [0.1, 0.15) is 23.9 Å². The first kappa shape index (κ1) is 29.8. The second-order valence-electron chi connectivity index (χ2n) is 10.0. The highest BCUT2D eigenvalue weighted by atomic mass is 16.4. The lowest BCUT2D eigenvalue weighted by Crippen LogP contribution is -2.57. The van der Waals surface area contributed by atoms with Crippen molar-refractivity contribution in [3.63, 3.8) is 0 Å². The molecule has 0 saturated carbocycles. The predicted molar refractivity (Wildman–Crippen MR) is 153 cm³/mol. The number of hydrogen-bond donors (Lipinski definition) is 8. The number of nitrogens with zero attached hydrogens (tertiary/aromatic N) is 1. The van der Waals surface area contributed by atoms with E-state index >= 15 is 0 Å². The maximum atomic E-state index is 13.4. The van der Waals surface area contributed by atoms with E-state index in [0.29, 0.717) is 16.8 Å². The summed E-state index contributed by atoms with van der Waals surface area (Å²) in [5.41, 5.74) is 8.76. The van der Waals surface area contributed by atoms with Crippen LogP contribution in [0, 0.1) is 0 Å². The maximum absolute atomic E-state index is 13.4. The molecule has 0 saturated heterocycles. The Bertz CT molecular complexity index is 1530. The standard InChI is InChI=1S/C29H33N7O6/c1-16(34-27(39)22(30)12-19-14-31-15-33-19)26(38)35-24(10-17-6-8-20(37)9-7-17)28(40)36-25(29(41)42)11-18-13-32-23-5-3-2-4-21(18)23/h2-9,13-16,22,24-25,32,37H,10-12,30H2,1H3,(H,31,33)(H,34,39)(H,35,38)(H,36,40)(H,41,42). The summed E-state index contributed by atoms with van der Waals surface area (Å²) >= 11 is 0. The number of carbonyl (C=O) groups excluding carboxylic acids is 3. The number of nitrogens with one attached hydrogen (secondary N) is 5. The molecule has 0 aliphatic heterocycles. The van der Waals surface area contributed by atoms with E-state index < -0.39 is 47.9 Å². The van der Waals surface area contributed by atoms with E-state index in [-0.39, 0.29) is 25.0 Å². The fourth-order valence-corrected chi connectivity index (χ4v) is 4.48. The zero-order chi connectivity index (χ0) is 30.2. The molecule has 4 rings (SSSR count). The van der Waals surface area contributed by atoms with Gasteiger partial charge in [-0.25, -0.2) is 9.78 Å². The van der Waals surface area contributed by atoms with Crippen molar-refractivity contribution in [2.24, 2.45) is 5.73 Å². The molecule has 13 heteroatoms. The highest BCUT2D eigenvalue weighted by molar-refractivity contribution is 5.94. The topological polar surface area (TPSA) is 215 Å². The third kappa shape index (κ3) is 7.73. The summed E-state index contributed by atoms with van der Waals surface area (Å²) in [6.07, 6.45) is 4.88. The lowest BCUT2D eigenvalue weighted by atomic mass is 10.0. The number of imidazole rings is 1. The molecule has 0 spiro atoms. The Morgan fingerprint density at radius 3 is 2.29 bits per heavy atom. The molecule has 4 unspecified atom stereocenters. The quantitative estimate of drug-likeness (QED) is 0.112. The number of aromatic nitrogens is 3. The second kappa shape index (κ2) is 13.5. The molecule has 0 fully saturated rings. The number of aliphatic carboxylic acids is 1. The van der Waals surface area contributed by atoms with Gasteiger partial charge in [-0.1, -0.05) is 30.3 Å². The number of amides is 3. The number of aromatic hydroxyl groups is 1. The number of hydrogen-bond acceptors (Lipinski definition) is 7. The van der Waals surface area contributed by atoms with E-state index in [9.17, 15) is 29.4 Å². The summed E-state index contributed by atoms with van der Waals surface area (Å²) in [4.78, 5) is 61.0. The molecule has 4 atom stereocenters. The van der Waals surface area contributed by atoms with Gasteiger partial charge in [-0.15, -0.1) is 0 Å². The Morgan fingerprint density at radius 2 is 1.60 bits per heavy atom. The average molecular weight is 576 g/mol. The van der Waals surface area contributed by atoms with Crippen LogP contribution in [-0.4, -0.2) is 73.0 Å². The van der Waals surface area contributed by atoms with Gasteiger partial charge in [-0.2, -0.15) is 0 Å². The molecule has 2 aromatic heterocycles. The second-order valence-corrected chi connectivity index (χ2v) is 10.0. The van der Waals surface area contributed by atoms with Gasteiger partial charge >= 0.3 is 5.97 Å².